The summed E-state index contributed by atoms with van der Waals surface area (Å²) in [5, 5.41) is 11.1. The minimum atomic E-state index is -0.222. The highest BCUT2D eigenvalue weighted by Crippen LogP contribution is 2.31. The van der Waals surface area contributed by atoms with Crippen LogP contribution in [0.2, 0.25) is 0 Å². The highest BCUT2D eigenvalue weighted by atomic mass is 16.6. The van der Waals surface area contributed by atoms with Gasteiger partial charge in [0.15, 0.2) is 11.0 Å². The number of anilines is 2. The van der Waals surface area contributed by atoms with E-state index in [9.17, 15) is 4.79 Å². The zero-order chi connectivity index (χ0) is 18.6. The second-order valence-corrected chi connectivity index (χ2v) is 6.55. The molecule has 0 bridgehead atoms. The minimum Gasteiger partial charge on any atom is -0.378 e. The van der Waals surface area contributed by atoms with Crippen LogP contribution in [-0.4, -0.2) is 42.5 Å². The zero-order valence-corrected chi connectivity index (χ0v) is 15.2. The Morgan fingerprint density at radius 3 is 2.59 bits per heavy atom. The van der Waals surface area contributed by atoms with Crippen molar-refractivity contribution in [3.63, 3.8) is 0 Å². The third-order valence-electron chi connectivity index (χ3n) is 4.93. The van der Waals surface area contributed by atoms with Crippen molar-refractivity contribution in [1.82, 2.24) is 10.3 Å². The molecule has 0 saturated carbocycles. The number of carbonyl (C=O) groups excluding carboxylic acids is 1. The average Bonchev–Trinajstić information content (AvgIpc) is 3.21. The van der Waals surface area contributed by atoms with Crippen LogP contribution in [0.3, 0.4) is 0 Å². The molecule has 1 aromatic heterocycles. The summed E-state index contributed by atoms with van der Waals surface area (Å²) in [5.74, 6) is -0.285. The number of fused-ring (bicyclic) bond motifs is 1. The monoisotopic (exact) mass is 366 g/mol. The molecule has 4 rings (SSSR count). The lowest BCUT2D eigenvalue weighted by Gasteiger charge is -2.28. The molecule has 1 aliphatic heterocycles. The van der Waals surface area contributed by atoms with Crippen LogP contribution >= 0.6 is 0 Å². The van der Waals surface area contributed by atoms with E-state index in [1.54, 1.807) is 0 Å². The first-order valence-corrected chi connectivity index (χ1v) is 9.21. The molecule has 27 heavy (non-hydrogen) atoms. The van der Waals surface area contributed by atoms with E-state index in [1.165, 1.54) is 0 Å². The maximum atomic E-state index is 12.9. The molecule has 1 saturated heterocycles. The summed E-state index contributed by atoms with van der Waals surface area (Å²) >= 11 is 0. The summed E-state index contributed by atoms with van der Waals surface area (Å²) in [5.41, 5.74) is 3.78. The Morgan fingerprint density at radius 2 is 1.85 bits per heavy atom. The van der Waals surface area contributed by atoms with Gasteiger partial charge < -0.3 is 15.0 Å². The van der Waals surface area contributed by atoms with Crippen molar-refractivity contribution in [2.24, 2.45) is 0 Å². The van der Waals surface area contributed by atoms with E-state index in [0.29, 0.717) is 36.4 Å². The van der Waals surface area contributed by atoms with Gasteiger partial charge in [0, 0.05) is 13.1 Å². The summed E-state index contributed by atoms with van der Waals surface area (Å²) in [6.45, 7) is 4.95. The molecule has 0 aliphatic carbocycles. The lowest BCUT2D eigenvalue weighted by atomic mass is 9.95. The van der Waals surface area contributed by atoms with Gasteiger partial charge in [0.05, 0.1) is 30.5 Å². The number of hydrogen-bond acceptors (Lipinski definition) is 6. The van der Waals surface area contributed by atoms with E-state index in [2.05, 4.69) is 20.5 Å². The minimum absolute atomic E-state index is 0.0628. The van der Waals surface area contributed by atoms with Crippen LogP contribution in [0.4, 0.5) is 11.4 Å². The lowest BCUT2D eigenvalue weighted by Crippen LogP contribution is -2.36. The normalized spacial score (nSPS) is 15.7. The summed E-state index contributed by atoms with van der Waals surface area (Å²) in [6.07, 6.45) is 0.710. The van der Waals surface area contributed by atoms with Gasteiger partial charge in [-0.15, -0.1) is 0 Å². The van der Waals surface area contributed by atoms with E-state index in [-0.39, 0.29) is 11.8 Å². The first-order valence-electron chi connectivity index (χ1n) is 9.21. The highest BCUT2D eigenvalue weighted by Gasteiger charge is 2.22. The molecular formula is C20H22N4O3. The van der Waals surface area contributed by atoms with Gasteiger partial charge in [-0.25, -0.2) is 4.63 Å². The Bertz CT molecular complexity index is 919. The molecule has 2 heterocycles. The number of benzene rings is 2. The van der Waals surface area contributed by atoms with Crippen molar-refractivity contribution in [3.05, 3.63) is 48.0 Å². The number of hydrogen-bond donors (Lipinski definition) is 1. The third-order valence-corrected chi connectivity index (χ3v) is 4.93. The van der Waals surface area contributed by atoms with Crippen LogP contribution in [0.5, 0.6) is 0 Å². The Labute approximate surface area is 157 Å². The van der Waals surface area contributed by atoms with Gasteiger partial charge in [-0.2, -0.15) is 0 Å². The van der Waals surface area contributed by atoms with Crippen molar-refractivity contribution in [2.75, 3.05) is 36.5 Å². The smallest absolute Gasteiger partial charge is 0.231 e. The topological polar surface area (TPSA) is 80.5 Å². The molecule has 140 valence electrons. The Balaban J connectivity index is 1.61. The molecule has 1 unspecified atom stereocenters. The molecule has 0 radical (unpaired) electrons. The number of nitrogens with zero attached hydrogens (tertiary/aromatic N) is 3. The van der Waals surface area contributed by atoms with Crippen molar-refractivity contribution >= 4 is 28.3 Å². The van der Waals surface area contributed by atoms with Gasteiger partial charge in [-0.05, 0) is 34.4 Å². The van der Waals surface area contributed by atoms with Gasteiger partial charge in [0.2, 0.25) is 5.91 Å². The average molecular weight is 366 g/mol. The van der Waals surface area contributed by atoms with Gasteiger partial charge in [0.1, 0.15) is 0 Å². The van der Waals surface area contributed by atoms with Crippen LogP contribution in [0.25, 0.3) is 11.0 Å². The molecule has 3 aromatic rings. The third kappa shape index (κ3) is 3.50. The molecule has 1 N–H and O–H groups in total. The summed E-state index contributed by atoms with van der Waals surface area (Å²) in [6, 6.07) is 13.6. The van der Waals surface area contributed by atoms with Gasteiger partial charge >= 0.3 is 0 Å². The summed E-state index contributed by atoms with van der Waals surface area (Å²) in [4.78, 5) is 15.1. The van der Waals surface area contributed by atoms with E-state index in [1.807, 2.05) is 49.4 Å². The van der Waals surface area contributed by atoms with Gasteiger partial charge in [-0.1, -0.05) is 37.3 Å². The lowest BCUT2D eigenvalue weighted by molar-refractivity contribution is -0.117. The van der Waals surface area contributed by atoms with Crippen molar-refractivity contribution in [3.8, 4) is 0 Å². The zero-order valence-electron chi connectivity index (χ0n) is 15.2. The fourth-order valence-corrected chi connectivity index (χ4v) is 3.49. The fourth-order valence-electron chi connectivity index (χ4n) is 3.49. The number of morpholine rings is 1. The number of nitrogens with one attached hydrogen (secondary N) is 1. The van der Waals surface area contributed by atoms with Gasteiger partial charge in [-0.3, -0.25) is 4.79 Å². The largest absolute Gasteiger partial charge is 0.378 e. The molecule has 7 nitrogen and oxygen atoms in total. The first-order chi connectivity index (χ1) is 13.3. The van der Waals surface area contributed by atoms with Crippen LogP contribution in [0, 0.1) is 0 Å². The molecule has 7 heteroatoms. The second-order valence-electron chi connectivity index (χ2n) is 6.55. The summed E-state index contributed by atoms with van der Waals surface area (Å²) < 4.78 is 10.4. The molecular weight excluding hydrogens is 344 g/mol. The Kier molecular flexibility index (Phi) is 5.02. The van der Waals surface area contributed by atoms with Crippen LogP contribution in [0.15, 0.2) is 47.1 Å². The summed E-state index contributed by atoms with van der Waals surface area (Å²) in [7, 11) is 0. The SMILES string of the molecule is CCC(C(=O)Nc1ccc(N2CCOCC2)c2nonc12)c1ccccc1. The molecule has 2 aromatic carbocycles. The maximum Gasteiger partial charge on any atom is 0.231 e. The number of aromatic nitrogens is 2. The van der Waals surface area contributed by atoms with Crippen LogP contribution < -0.4 is 10.2 Å². The van der Waals surface area contributed by atoms with E-state index in [4.69, 9.17) is 9.37 Å². The van der Waals surface area contributed by atoms with Gasteiger partial charge in [0.25, 0.3) is 0 Å². The number of carbonyl (C=O) groups is 1. The standard InChI is InChI=1S/C20H22N4O3/c1-2-15(14-6-4-3-5-7-14)20(25)21-16-8-9-17(19-18(16)22-27-23-19)24-10-12-26-13-11-24/h3-9,15H,2,10-13H2,1H3,(H,21,25). The molecule has 1 atom stereocenters. The number of amides is 1. The van der Waals surface area contributed by atoms with E-state index >= 15 is 0 Å². The Morgan fingerprint density at radius 1 is 1.11 bits per heavy atom. The van der Waals surface area contributed by atoms with E-state index < -0.39 is 0 Å². The fraction of sp³-hybridized carbons (Fsp3) is 0.350. The van der Waals surface area contributed by atoms with E-state index in [0.717, 1.165) is 24.3 Å². The predicted molar refractivity (Wildman–Crippen MR) is 103 cm³/mol. The predicted octanol–water partition coefficient (Wildman–Crippen LogP) is 3.19. The number of ether oxygens (including phenoxy) is 1. The van der Waals surface area contributed by atoms with Crippen molar-refractivity contribution in [1.29, 1.82) is 0 Å². The molecule has 0 spiro atoms. The quantitative estimate of drug-likeness (QED) is 0.747. The Hall–Kier alpha value is -2.93. The first kappa shape index (κ1) is 17.5. The highest BCUT2D eigenvalue weighted by molar-refractivity contribution is 6.04. The molecule has 1 amide bonds. The van der Waals surface area contributed by atoms with Crippen LogP contribution in [0.1, 0.15) is 24.8 Å². The number of rotatable bonds is 5. The second kappa shape index (κ2) is 7.75. The molecule has 1 fully saturated rings. The van der Waals surface area contributed by atoms with Crippen molar-refractivity contribution in [2.45, 2.75) is 19.3 Å². The maximum absolute atomic E-state index is 12.9. The van der Waals surface area contributed by atoms with Crippen molar-refractivity contribution < 1.29 is 14.2 Å². The molecule has 1 aliphatic rings. The van der Waals surface area contributed by atoms with Crippen LogP contribution in [-0.2, 0) is 9.53 Å².